The monoisotopic (exact) mass is 582 g/mol. The van der Waals surface area contributed by atoms with Crippen molar-refractivity contribution in [3.8, 4) is 44.5 Å². The molecular formula is C46H30. The van der Waals surface area contributed by atoms with Gasteiger partial charge in [-0.05, 0) is 112 Å². The number of hydrogen-bond donors (Lipinski definition) is 0. The molecule has 46 heavy (non-hydrogen) atoms. The van der Waals surface area contributed by atoms with Gasteiger partial charge in [-0.25, -0.2) is 0 Å². The summed E-state index contributed by atoms with van der Waals surface area (Å²) in [7, 11) is 0. The van der Waals surface area contributed by atoms with Gasteiger partial charge in [-0.2, -0.15) is 0 Å². The van der Waals surface area contributed by atoms with Gasteiger partial charge in [0.2, 0.25) is 0 Å². The second-order valence-corrected chi connectivity index (χ2v) is 12.1. The summed E-state index contributed by atoms with van der Waals surface area (Å²) in [5, 5.41) is 10.2. The molecule has 0 aromatic heterocycles. The smallest absolute Gasteiger partial charge is 0.00201 e. The van der Waals surface area contributed by atoms with Crippen LogP contribution in [0.4, 0.5) is 0 Å². The summed E-state index contributed by atoms with van der Waals surface area (Å²) >= 11 is 0. The fourth-order valence-corrected chi connectivity index (χ4v) is 7.31. The Morgan fingerprint density at radius 3 is 1.20 bits per heavy atom. The Bertz CT molecular complexity index is 2530. The lowest BCUT2D eigenvalue weighted by Gasteiger charge is -2.20. The van der Waals surface area contributed by atoms with E-state index in [1.807, 2.05) is 0 Å². The minimum atomic E-state index is 1.23. The van der Waals surface area contributed by atoms with E-state index in [1.165, 1.54) is 87.6 Å². The van der Waals surface area contributed by atoms with Crippen LogP contribution in [0.3, 0.4) is 0 Å². The molecule has 0 bridgehead atoms. The fourth-order valence-electron chi connectivity index (χ4n) is 7.31. The van der Waals surface area contributed by atoms with E-state index in [4.69, 9.17) is 0 Å². The second-order valence-electron chi connectivity index (χ2n) is 12.1. The molecule has 0 spiro atoms. The Balaban J connectivity index is 1.42. The van der Waals surface area contributed by atoms with E-state index < -0.39 is 0 Å². The molecule has 214 valence electrons. The molecule has 0 heterocycles. The highest BCUT2D eigenvalue weighted by Gasteiger charge is 2.19. The van der Waals surface area contributed by atoms with Crippen molar-refractivity contribution >= 4 is 43.1 Å². The largest absolute Gasteiger partial charge is 0.0622 e. The first-order valence-electron chi connectivity index (χ1n) is 15.9. The standard InChI is InChI=1S/C46H30/c1-5-15-31(16-6-1)39-27-35-25-26-36-28-44-43(30-42(36)41(35)29-40(39)32-17-7-2-8-18-32)37-23-13-14-24-38(37)45(33-19-9-3-10-20-33)46(44)34-21-11-4-12-22-34/h1-30H. The Morgan fingerprint density at radius 2 is 0.630 bits per heavy atom. The van der Waals surface area contributed by atoms with E-state index in [0.29, 0.717) is 0 Å². The molecule has 0 unspecified atom stereocenters. The predicted molar refractivity (Wildman–Crippen MR) is 198 cm³/mol. The molecule has 9 rings (SSSR count). The van der Waals surface area contributed by atoms with Crippen LogP contribution in [0.2, 0.25) is 0 Å². The topological polar surface area (TPSA) is 0 Å². The van der Waals surface area contributed by atoms with Crippen LogP contribution in [-0.4, -0.2) is 0 Å². The van der Waals surface area contributed by atoms with Gasteiger partial charge in [-0.1, -0.05) is 158 Å². The maximum atomic E-state index is 2.45. The van der Waals surface area contributed by atoms with Crippen molar-refractivity contribution in [1.82, 2.24) is 0 Å². The van der Waals surface area contributed by atoms with Gasteiger partial charge >= 0.3 is 0 Å². The van der Waals surface area contributed by atoms with Gasteiger partial charge in [0.05, 0.1) is 0 Å². The highest BCUT2D eigenvalue weighted by Crippen LogP contribution is 2.46. The van der Waals surface area contributed by atoms with Gasteiger partial charge in [0.25, 0.3) is 0 Å². The minimum Gasteiger partial charge on any atom is -0.0622 e. The van der Waals surface area contributed by atoms with Crippen molar-refractivity contribution < 1.29 is 0 Å². The molecule has 0 aliphatic carbocycles. The quantitative estimate of drug-likeness (QED) is 0.143. The van der Waals surface area contributed by atoms with E-state index in [2.05, 4.69) is 182 Å². The first-order valence-corrected chi connectivity index (χ1v) is 15.9. The predicted octanol–water partition coefficient (Wildman–Crippen LogP) is 13.0. The first-order chi connectivity index (χ1) is 22.8. The minimum absolute atomic E-state index is 1.23. The first kappa shape index (κ1) is 26.4. The van der Waals surface area contributed by atoms with Gasteiger partial charge in [-0.15, -0.1) is 0 Å². The lowest BCUT2D eigenvalue weighted by Crippen LogP contribution is -1.92. The van der Waals surface area contributed by atoms with Crippen LogP contribution in [0.1, 0.15) is 0 Å². The van der Waals surface area contributed by atoms with Crippen molar-refractivity contribution in [1.29, 1.82) is 0 Å². The van der Waals surface area contributed by atoms with Crippen LogP contribution in [0.25, 0.3) is 87.6 Å². The zero-order valence-electron chi connectivity index (χ0n) is 25.3. The summed E-state index contributed by atoms with van der Waals surface area (Å²) in [6.07, 6.45) is 0. The van der Waals surface area contributed by atoms with Crippen LogP contribution < -0.4 is 0 Å². The number of benzene rings is 9. The third-order valence-electron chi connectivity index (χ3n) is 9.41. The highest BCUT2D eigenvalue weighted by molar-refractivity contribution is 6.26. The lowest BCUT2D eigenvalue weighted by atomic mass is 9.83. The molecule has 0 radical (unpaired) electrons. The molecule has 0 saturated carbocycles. The fraction of sp³-hybridized carbons (Fsp3) is 0. The van der Waals surface area contributed by atoms with Crippen LogP contribution in [0, 0.1) is 0 Å². The lowest BCUT2D eigenvalue weighted by molar-refractivity contribution is 1.61. The molecule has 0 N–H and O–H groups in total. The van der Waals surface area contributed by atoms with Crippen LogP contribution in [0.5, 0.6) is 0 Å². The SMILES string of the molecule is c1ccc(-c2cc3ccc4cc5c(-c6ccccc6)c(-c6ccccc6)c6ccccc6c5cc4c3cc2-c2ccccc2)cc1. The van der Waals surface area contributed by atoms with Gasteiger partial charge in [-0.3, -0.25) is 0 Å². The third-order valence-corrected chi connectivity index (χ3v) is 9.41. The molecule has 0 atom stereocenters. The van der Waals surface area contributed by atoms with Crippen molar-refractivity contribution in [3.05, 3.63) is 182 Å². The Labute approximate surface area is 268 Å². The van der Waals surface area contributed by atoms with Gasteiger partial charge in [0.15, 0.2) is 0 Å². The third kappa shape index (κ3) is 4.30. The van der Waals surface area contributed by atoms with E-state index in [1.54, 1.807) is 0 Å². The summed E-state index contributed by atoms with van der Waals surface area (Å²) in [5.41, 5.74) is 10.00. The molecule has 0 amide bonds. The molecule has 0 nitrogen and oxygen atoms in total. The second kappa shape index (κ2) is 10.9. The summed E-state index contributed by atoms with van der Waals surface area (Å²) in [6.45, 7) is 0. The Kier molecular flexibility index (Phi) is 6.25. The average molecular weight is 583 g/mol. The zero-order valence-corrected chi connectivity index (χ0v) is 25.3. The van der Waals surface area contributed by atoms with Crippen LogP contribution >= 0.6 is 0 Å². The van der Waals surface area contributed by atoms with E-state index in [-0.39, 0.29) is 0 Å². The average Bonchev–Trinajstić information content (AvgIpc) is 3.14. The van der Waals surface area contributed by atoms with Gasteiger partial charge in [0, 0.05) is 0 Å². The van der Waals surface area contributed by atoms with Crippen molar-refractivity contribution in [2.24, 2.45) is 0 Å². The van der Waals surface area contributed by atoms with E-state index in [0.717, 1.165) is 0 Å². The van der Waals surface area contributed by atoms with Gasteiger partial charge < -0.3 is 0 Å². The molecule has 9 aromatic carbocycles. The van der Waals surface area contributed by atoms with Gasteiger partial charge in [0.1, 0.15) is 0 Å². The van der Waals surface area contributed by atoms with E-state index in [9.17, 15) is 0 Å². The van der Waals surface area contributed by atoms with Crippen molar-refractivity contribution in [2.45, 2.75) is 0 Å². The zero-order chi connectivity index (χ0) is 30.5. The van der Waals surface area contributed by atoms with Crippen molar-refractivity contribution in [3.63, 3.8) is 0 Å². The molecule has 0 aliphatic heterocycles. The number of fused-ring (bicyclic) bond motifs is 6. The highest BCUT2D eigenvalue weighted by atomic mass is 14.2. The number of hydrogen-bond acceptors (Lipinski definition) is 0. The molecule has 0 saturated heterocycles. The normalized spacial score (nSPS) is 11.5. The molecule has 0 aliphatic rings. The molecule has 0 fully saturated rings. The molecule has 9 aromatic rings. The van der Waals surface area contributed by atoms with Crippen LogP contribution in [0.15, 0.2) is 182 Å². The number of rotatable bonds is 4. The summed E-state index contributed by atoms with van der Waals surface area (Å²) < 4.78 is 0. The summed E-state index contributed by atoms with van der Waals surface area (Å²) in [6, 6.07) is 66.5. The van der Waals surface area contributed by atoms with Crippen LogP contribution in [-0.2, 0) is 0 Å². The molecule has 0 heteroatoms. The Hall–Kier alpha value is -5.98. The van der Waals surface area contributed by atoms with Crippen molar-refractivity contribution in [2.75, 3.05) is 0 Å². The molecular weight excluding hydrogens is 553 g/mol. The maximum absolute atomic E-state index is 2.45. The maximum Gasteiger partial charge on any atom is -0.00201 e. The summed E-state index contributed by atoms with van der Waals surface area (Å²) in [4.78, 5) is 0. The summed E-state index contributed by atoms with van der Waals surface area (Å²) in [5.74, 6) is 0. The Morgan fingerprint density at radius 1 is 0.217 bits per heavy atom. The van der Waals surface area contributed by atoms with E-state index >= 15 is 0 Å².